The van der Waals surface area contributed by atoms with Crippen molar-refractivity contribution in [2.75, 3.05) is 17.7 Å². The molecular weight excluding hydrogens is 322 g/mol. The van der Waals surface area contributed by atoms with Gasteiger partial charge in [0.15, 0.2) is 0 Å². The topological polar surface area (TPSA) is 61.4 Å². The molecule has 5 nitrogen and oxygen atoms in total. The summed E-state index contributed by atoms with van der Waals surface area (Å²) in [7, 11) is 1.95. The first-order valence-electron chi connectivity index (χ1n) is 7.78. The Balaban J connectivity index is 1.93. The fourth-order valence-corrected chi connectivity index (χ4v) is 3.19. The molecule has 0 aliphatic rings. The molecule has 1 heterocycles. The van der Waals surface area contributed by atoms with Crippen LogP contribution in [0.5, 0.6) is 0 Å². The lowest BCUT2D eigenvalue weighted by Gasteiger charge is -2.23. The van der Waals surface area contributed by atoms with Crippen molar-refractivity contribution in [3.8, 4) is 0 Å². The Morgan fingerprint density at radius 2 is 1.71 bits per heavy atom. The Kier molecular flexibility index (Phi) is 6.11. The molecule has 0 unspecified atom stereocenters. The number of aryl methyl sites for hydroxylation is 1. The van der Waals surface area contributed by atoms with E-state index in [0.29, 0.717) is 11.4 Å². The maximum absolute atomic E-state index is 12.4. The molecule has 0 radical (unpaired) electrons. The van der Waals surface area contributed by atoms with Crippen LogP contribution in [0, 0.1) is 6.92 Å². The molecule has 2 N–H and O–H groups in total. The monoisotopic (exact) mass is 345 g/mol. The van der Waals surface area contributed by atoms with E-state index in [9.17, 15) is 9.59 Å². The van der Waals surface area contributed by atoms with Crippen molar-refractivity contribution in [3.63, 3.8) is 0 Å². The van der Waals surface area contributed by atoms with Gasteiger partial charge in [0.1, 0.15) is 0 Å². The minimum atomic E-state index is -0.249. The fourth-order valence-electron chi connectivity index (χ4n) is 2.22. The second-order valence-corrected chi connectivity index (χ2v) is 6.87. The van der Waals surface area contributed by atoms with Gasteiger partial charge in [-0.1, -0.05) is 0 Å². The minimum Gasteiger partial charge on any atom is -0.326 e. The smallest absolute Gasteiger partial charge is 0.241 e. The number of anilines is 2. The van der Waals surface area contributed by atoms with Crippen molar-refractivity contribution in [3.05, 3.63) is 46.2 Å². The van der Waals surface area contributed by atoms with Gasteiger partial charge in [0, 0.05) is 29.7 Å². The predicted molar refractivity (Wildman–Crippen MR) is 99.4 cm³/mol. The number of carbonyl (C=O) groups is 2. The highest BCUT2D eigenvalue weighted by molar-refractivity contribution is 7.10. The number of likely N-dealkylation sites (N-methyl/N-ethyl adjacent to an activating group) is 1. The average Bonchev–Trinajstić information content (AvgIpc) is 2.93. The third kappa shape index (κ3) is 4.91. The number of rotatable bonds is 6. The van der Waals surface area contributed by atoms with Crippen molar-refractivity contribution in [1.29, 1.82) is 0 Å². The van der Waals surface area contributed by atoms with Crippen LogP contribution in [0.25, 0.3) is 0 Å². The van der Waals surface area contributed by atoms with Crippen LogP contribution in [0.1, 0.15) is 24.3 Å². The second-order valence-electron chi connectivity index (χ2n) is 5.87. The van der Waals surface area contributed by atoms with E-state index in [4.69, 9.17) is 0 Å². The maximum atomic E-state index is 12.4. The molecule has 24 heavy (non-hydrogen) atoms. The number of thiophene rings is 1. The number of carbonyl (C=O) groups excluding carboxylic acids is 2. The van der Waals surface area contributed by atoms with Crippen LogP contribution in [-0.4, -0.2) is 29.8 Å². The summed E-state index contributed by atoms with van der Waals surface area (Å²) in [5, 5.41) is 7.67. The lowest BCUT2D eigenvalue weighted by atomic mass is 10.2. The van der Waals surface area contributed by atoms with Gasteiger partial charge < -0.3 is 10.6 Å². The molecule has 2 aromatic rings. The second kappa shape index (κ2) is 8.08. The number of benzene rings is 1. The number of nitrogens with one attached hydrogen (secondary N) is 2. The first kappa shape index (κ1) is 18.2. The van der Waals surface area contributed by atoms with E-state index in [2.05, 4.69) is 29.0 Å². The summed E-state index contributed by atoms with van der Waals surface area (Å²) >= 11 is 1.71. The predicted octanol–water partition coefficient (Wildman–Crippen LogP) is 3.47. The molecule has 128 valence electrons. The van der Waals surface area contributed by atoms with E-state index in [-0.39, 0.29) is 17.9 Å². The van der Waals surface area contributed by atoms with E-state index in [0.717, 1.165) is 6.54 Å². The lowest BCUT2D eigenvalue weighted by Crippen LogP contribution is -2.39. The van der Waals surface area contributed by atoms with Crippen LogP contribution < -0.4 is 10.6 Å². The van der Waals surface area contributed by atoms with Gasteiger partial charge in [-0.05, 0) is 62.2 Å². The third-order valence-corrected chi connectivity index (χ3v) is 4.88. The highest BCUT2D eigenvalue weighted by Crippen LogP contribution is 2.19. The molecule has 0 bridgehead atoms. The molecule has 1 atom stereocenters. The lowest BCUT2D eigenvalue weighted by molar-refractivity contribution is -0.120. The maximum Gasteiger partial charge on any atom is 0.241 e. The van der Waals surface area contributed by atoms with Crippen LogP contribution >= 0.6 is 11.3 Å². The molecule has 1 aromatic carbocycles. The molecule has 0 aliphatic carbocycles. The molecular formula is C18H23N3O2S. The van der Waals surface area contributed by atoms with Gasteiger partial charge in [-0.2, -0.15) is 0 Å². The van der Waals surface area contributed by atoms with Gasteiger partial charge in [0.25, 0.3) is 0 Å². The SMILES string of the molecule is CC(=O)Nc1ccc(NC(=O)[C@@H](C)N(C)Cc2sccc2C)cc1. The van der Waals surface area contributed by atoms with Crippen molar-refractivity contribution >= 4 is 34.5 Å². The van der Waals surface area contributed by atoms with E-state index < -0.39 is 0 Å². The van der Waals surface area contributed by atoms with Crippen molar-refractivity contribution in [1.82, 2.24) is 4.90 Å². The summed E-state index contributed by atoms with van der Waals surface area (Å²) in [5.74, 6) is -0.176. The summed E-state index contributed by atoms with van der Waals surface area (Å²) < 4.78 is 0. The summed E-state index contributed by atoms with van der Waals surface area (Å²) in [6.45, 7) is 6.19. The number of nitrogens with zero attached hydrogens (tertiary/aromatic N) is 1. The first-order valence-corrected chi connectivity index (χ1v) is 8.66. The Morgan fingerprint density at radius 1 is 1.12 bits per heavy atom. The van der Waals surface area contributed by atoms with Gasteiger partial charge in [-0.3, -0.25) is 14.5 Å². The fraction of sp³-hybridized carbons (Fsp3) is 0.333. The van der Waals surface area contributed by atoms with Crippen LogP contribution in [0.4, 0.5) is 11.4 Å². The molecule has 6 heteroatoms. The van der Waals surface area contributed by atoms with E-state index in [1.807, 2.05) is 18.9 Å². The van der Waals surface area contributed by atoms with Gasteiger partial charge in [0.2, 0.25) is 11.8 Å². The van der Waals surface area contributed by atoms with Crippen LogP contribution in [-0.2, 0) is 16.1 Å². The Morgan fingerprint density at radius 3 is 2.21 bits per heavy atom. The third-order valence-electron chi connectivity index (χ3n) is 3.87. The largest absolute Gasteiger partial charge is 0.326 e. The molecule has 0 aliphatic heterocycles. The Bertz CT molecular complexity index is 709. The molecule has 0 fully saturated rings. The van der Waals surface area contributed by atoms with E-state index in [1.54, 1.807) is 35.6 Å². The normalized spacial score (nSPS) is 12.0. The van der Waals surface area contributed by atoms with Gasteiger partial charge in [0.05, 0.1) is 6.04 Å². The van der Waals surface area contributed by atoms with E-state index in [1.165, 1.54) is 17.4 Å². The molecule has 1 aromatic heterocycles. The standard InChI is InChI=1S/C18H23N3O2S/c1-12-9-10-24-17(12)11-21(4)13(2)18(23)20-16-7-5-15(6-8-16)19-14(3)22/h5-10,13H,11H2,1-4H3,(H,19,22)(H,20,23)/t13-/m1/s1. The molecule has 0 spiro atoms. The summed E-state index contributed by atoms with van der Waals surface area (Å²) in [4.78, 5) is 26.7. The highest BCUT2D eigenvalue weighted by Gasteiger charge is 2.19. The Hall–Kier alpha value is -2.18. The minimum absolute atomic E-state index is 0.0565. The van der Waals surface area contributed by atoms with Gasteiger partial charge in [-0.25, -0.2) is 0 Å². The molecule has 0 saturated heterocycles. The van der Waals surface area contributed by atoms with Gasteiger partial charge in [-0.15, -0.1) is 11.3 Å². The van der Waals surface area contributed by atoms with Crippen molar-refractivity contribution < 1.29 is 9.59 Å². The quantitative estimate of drug-likeness (QED) is 0.843. The zero-order chi connectivity index (χ0) is 17.7. The van der Waals surface area contributed by atoms with Crippen molar-refractivity contribution in [2.45, 2.75) is 33.4 Å². The Labute approximate surface area is 146 Å². The van der Waals surface area contributed by atoms with Crippen LogP contribution in [0.3, 0.4) is 0 Å². The van der Waals surface area contributed by atoms with Gasteiger partial charge >= 0.3 is 0 Å². The highest BCUT2D eigenvalue weighted by atomic mass is 32.1. The zero-order valence-electron chi connectivity index (χ0n) is 14.4. The summed E-state index contributed by atoms with van der Waals surface area (Å²) in [6.07, 6.45) is 0. The van der Waals surface area contributed by atoms with Crippen molar-refractivity contribution in [2.24, 2.45) is 0 Å². The summed E-state index contributed by atoms with van der Waals surface area (Å²) in [6, 6.07) is 8.93. The summed E-state index contributed by atoms with van der Waals surface area (Å²) in [5.41, 5.74) is 2.67. The van der Waals surface area contributed by atoms with Crippen LogP contribution in [0.15, 0.2) is 35.7 Å². The van der Waals surface area contributed by atoms with E-state index >= 15 is 0 Å². The zero-order valence-corrected chi connectivity index (χ0v) is 15.2. The number of amides is 2. The molecule has 2 amide bonds. The average molecular weight is 345 g/mol. The molecule has 2 rings (SSSR count). The number of hydrogen-bond donors (Lipinski definition) is 2. The van der Waals surface area contributed by atoms with Crippen LogP contribution in [0.2, 0.25) is 0 Å². The first-order chi connectivity index (χ1) is 11.4. The number of hydrogen-bond acceptors (Lipinski definition) is 4. The molecule has 0 saturated carbocycles.